The molecule has 1 heterocycles. The average molecular weight is 304 g/mol. The van der Waals surface area contributed by atoms with Gasteiger partial charge in [0.05, 0.1) is 12.1 Å². The van der Waals surface area contributed by atoms with Crippen molar-refractivity contribution in [2.45, 2.75) is 31.4 Å². The molecule has 21 heavy (non-hydrogen) atoms. The maximum atomic E-state index is 13.7. The van der Waals surface area contributed by atoms with Crippen LogP contribution in [0.4, 0.5) is 17.6 Å². The minimum absolute atomic E-state index is 0.0769. The summed E-state index contributed by atoms with van der Waals surface area (Å²) in [5.74, 6) is -7.42. The van der Waals surface area contributed by atoms with E-state index in [0.717, 1.165) is 12.1 Å². The third kappa shape index (κ3) is 3.32. The zero-order chi connectivity index (χ0) is 15.8. The minimum Gasteiger partial charge on any atom is -0.347 e. The fourth-order valence-electron chi connectivity index (χ4n) is 2.13. The van der Waals surface area contributed by atoms with Crippen LogP contribution in [0, 0.1) is 11.6 Å². The first kappa shape index (κ1) is 15.3. The second-order valence-electron chi connectivity index (χ2n) is 4.88. The number of carbonyl (C=O) groups excluding carboxylic acids is 2. The fourth-order valence-corrected chi connectivity index (χ4v) is 2.13. The van der Waals surface area contributed by atoms with Crippen LogP contribution in [0.15, 0.2) is 18.2 Å². The summed E-state index contributed by atoms with van der Waals surface area (Å²) in [5, 5.41) is 4.38. The number of benzene rings is 1. The second-order valence-corrected chi connectivity index (χ2v) is 4.88. The van der Waals surface area contributed by atoms with E-state index in [0.29, 0.717) is 13.0 Å². The molecule has 0 saturated carbocycles. The zero-order valence-electron chi connectivity index (χ0n) is 10.9. The van der Waals surface area contributed by atoms with Gasteiger partial charge < -0.3 is 10.6 Å². The number of amides is 2. The SMILES string of the molecule is CC(F)(F)C(=O)NC1CC(=O)NC1c1ccc(F)cc1F. The third-order valence-corrected chi connectivity index (χ3v) is 3.14. The molecule has 0 aliphatic carbocycles. The van der Waals surface area contributed by atoms with Crippen molar-refractivity contribution in [3.05, 3.63) is 35.4 Å². The average Bonchev–Trinajstić information content (AvgIpc) is 2.69. The molecule has 4 nitrogen and oxygen atoms in total. The summed E-state index contributed by atoms with van der Waals surface area (Å²) in [7, 11) is 0. The molecule has 2 N–H and O–H groups in total. The summed E-state index contributed by atoms with van der Waals surface area (Å²) in [4.78, 5) is 22.7. The largest absolute Gasteiger partial charge is 0.347 e. The van der Waals surface area contributed by atoms with Gasteiger partial charge in [0, 0.05) is 25.0 Å². The molecule has 2 amide bonds. The van der Waals surface area contributed by atoms with Crippen LogP contribution < -0.4 is 10.6 Å². The maximum Gasteiger partial charge on any atom is 0.321 e. The van der Waals surface area contributed by atoms with E-state index in [9.17, 15) is 27.2 Å². The van der Waals surface area contributed by atoms with Crippen LogP contribution in [0.3, 0.4) is 0 Å². The second kappa shape index (κ2) is 5.34. The van der Waals surface area contributed by atoms with Gasteiger partial charge in [-0.1, -0.05) is 6.07 Å². The Morgan fingerprint density at radius 3 is 2.62 bits per heavy atom. The van der Waals surface area contributed by atoms with Crippen molar-refractivity contribution < 1.29 is 27.2 Å². The van der Waals surface area contributed by atoms with Gasteiger partial charge in [-0.3, -0.25) is 9.59 Å². The van der Waals surface area contributed by atoms with E-state index in [-0.39, 0.29) is 12.0 Å². The molecule has 0 spiro atoms. The highest BCUT2D eigenvalue weighted by Crippen LogP contribution is 2.28. The minimum atomic E-state index is -3.61. The van der Waals surface area contributed by atoms with Gasteiger partial charge in [0.15, 0.2) is 0 Å². The van der Waals surface area contributed by atoms with Gasteiger partial charge in [-0.15, -0.1) is 0 Å². The van der Waals surface area contributed by atoms with Crippen LogP contribution in [0.2, 0.25) is 0 Å². The lowest BCUT2D eigenvalue weighted by molar-refractivity contribution is -0.143. The molecule has 2 atom stereocenters. The van der Waals surface area contributed by atoms with E-state index in [1.165, 1.54) is 0 Å². The molecule has 1 aliphatic rings. The highest BCUT2D eigenvalue weighted by molar-refractivity contribution is 5.86. The number of rotatable bonds is 3. The topological polar surface area (TPSA) is 58.2 Å². The molecule has 1 aliphatic heterocycles. The molecule has 0 bridgehead atoms. The van der Waals surface area contributed by atoms with E-state index in [1.54, 1.807) is 0 Å². The highest BCUT2D eigenvalue weighted by Gasteiger charge is 2.40. The van der Waals surface area contributed by atoms with Gasteiger partial charge in [0.25, 0.3) is 5.91 Å². The summed E-state index contributed by atoms with van der Waals surface area (Å²) in [5.41, 5.74) is -0.0769. The van der Waals surface area contributed by atoms with Crippen molar-refractivity contribution in [3.8, 4) is 0 Å². The monoisotopic (exact) mass is 304 g/mol. The number of hydrogen-bond donors (Lipinski definition) is 2. The molecular weight excluding hydrogens is 292 g/mol. The first-order valence-corrected chi connectivity index (χ1v) is 6.11. The van der Waals surface area contributed by atoms with Gasteiger partial charge in [-0.25, -0.2) is 8.78 Å². The molecule has 1 fully saturated rings. The number of carbonyl (C=O) groups is 2. The Hall–Kier alpha value is -2.12. The predicted octanol–water partition coefficient (Wildman–Crippen LogP) is 1.67. The number of hydrogen-bond acceptors (Lipinski definition) is 2. The molecule has 1 aromatic rings. The van der Waals surface area contributed by atoms with Crippen molar-refractivity contribution >= 4 is 11.8 Å². The molecule has 2 unspecified atom stereocenters. The molecule has 8 heteroatoms. The van der Waals surface area contributed by atoms with Crippen molar-refractivity contribution in [2.75, 3.05) is 0 Å². The third-order valence-electron chi connectivity index (χ3n) is 3.14. The summed E-state index contributed by atoms with van der Waals surface area (Å²) in [6.07, 6.45) is -0.261. The van der Waals surface area contributed by atoms with Gasteiger partial charge in [0.2, 0.25) is 5.91 Å². The van der Waals surface area contributed by atoms with Crippen LogP contribution >= 0.6 is 0 Å². The van der Waals surface area contributed by atoms with Gasteiger partial charge in [0.1, 0.15) is 11.6 Å². The zero-order valence-corrected chi connectivity index (χ0v) is 10.9. The Kier molecular flexibility index (Phi) is 3.89. The van der Waals surface area contributed by atoms with Crippen LogP contribution in [-0.2, 0) is 9.59 Å². The van der Waals surface area contributed by atoms with Crippen LogP contribution in [0.25, 0.3) is 0 Å². The lowest BCUT2D eigenvalue weighted by atomic mass is 10.00. The molecule has 1 saturated heterocycles. The standard InChI is InChI=1S/C13H12F4N2O2/c1-13(16,17)12(21)18-9-5-10(20)19-11(9)7-3-2-6(14)4-8(7)15/h2-4,9,11H,5H2,1H3,(H,18,21)(H,19,20). The lowest BCUT2D eigenvalue weighted by Gasteiger charge is -2.22. The Morgan fingerprint density at radius 2 is 2.05 bits per heavy atom. The Balaban J connectivity index is 2.24. The summed E-state index contributed by atoms with van der Waals surface area (Å²) >= 11 is 0. The predicted molar refractivity (Wildman–Crippen MR) is 64.4 cm³/mol. The van der Waals surface area contributed by atoms with E-state index in [1.807, 2.05) is 5.32 Å². The first-order valence-electron chi connectivity index (χ1n) is 6.11. The van der Waals surface area contributed by atoms with Crippen LogP contribution in [0.1, 0.15) is 24.9 Å². The van der Waals surface area contributed by atoms with E-state index in [4.69, 9.17) is 0 Å². The van der Waals surface area contributed by atoms with Gasteiger partial charge in [-0.05, 0) is 6.07 Å². The van der Waals surface area contributed by atoms with Gasteiger partial charge >= 0.3 is 5.92 Å². The van der Waals surface area contributed by atoms with Crippen LogP contribution in [0.5, 0.6) is 0 Å². The van der Waals surface area contributed by atoms with Crippen molar-refractivity contribution in [1.82, 2.24) is 10.6 Å². The summed E-state index contributed by atoms with van der Waals surface area (Å²) in [6, 6.07) is 0.646. The lowest BCUT2D eigenvalue weighted by Crippen LogP contribution is -2.45. The summed E-state index contributed by atoms with van der Waals surface area (Å²) < 4.78 is 52.4. The van der Waals surface area contributed by atoms with Crippen LogP contribution in [-0.4, -0.2) is 23.8 Å². The Morgan fingerprint density at radius 1 is 1.38 bits per heavy atom. The van der Waals surface area contributed by atoms with Gasteiger partial charge in [-0.2, -0.15) is 8.78 Å². The molecular formula is C13H12F4N2O2. The number of halogens is 4. The van der Waals surface area contributed by atoms with Crippen molar-refractivity contribution in [3.63, 3.8) is 0 Å². The smallest absolute Gasteiger partial charge is 0.321 e. The molecule has 0 radical (unpaired) electrons. The van der Waals surface area contributed by atoms with E-state index < -0.39 is 41.5 Å². The van der Waals surface area contributed by atoms with Crippen molar-refractivity contribution in [1.29, 1.82) is 0 Å². The van der Waals surface area contributed by atoms with Crippen molar-refractivity contribution in [2.24, 2.45) is 0 Å². The van der Waals surface area contributed by atoms with E-state index >= 15 is 0 Å². The quantitative estimate of drug-likeness (QED) is 0.835. The maximum absolute atomic E-state index is 13.7. The first-order chi connectivity index (χ1) is 9.68. The number of alkyl halides is 2. The molecule has 0 aromatic heterocycles. The fraction of sp³-hybridized carbons (Fsp3) is 0.385. The van der Waals surface area contributed by atoms with E-state index in [2.05, 4.69) is 5.32 Å². The number of nitrogens with one attached hydrogen (secondary N) is 2. The highest BCUT2D eigenvalue weighted by atomic mass is 19.3. The Labute approximate surface area is 117 Å². The molecule has 1 aromatic carbocycles. The normalized spacial score (nSPS) is 22.0. The summed E-state index contributed by atoms with van der Waals surface area (Å²) in [6.45, 7) is 0.417. The molecule has 2 rings (SSSR count). The Bertz CT molecular complexity index is 586. The molecule has 114 valence electrons.